The van der Waals surface area contributed by atoms with Gasteiger partial charge in [0.15, 0.2) is 0 Å². The molecule has 0 aromatic heterocycles. The van der Waals surface area contributed by atoms with E-state index in [4.69, 9.17) is 0 Å². The fraction of sp³-hybridized carbons (Fsp3) is 0.481. The minimum Gasteiger partial charge on any atom is -0.360 e. The van der Waals surface area contributed by atoms with E-state index < -0.39 is 10.0 Å². The molecule has 1 amide bonds. The maximum atomic E-state index is 13.2. The third kappa shape index (κ3) is 4.24. The Bertz CT molecular complexity index is 1310. The topological polar surface area (TPSA) is 93.5 Å². The SMILES string of the molecule is N#CC1c2ccc(C(=O)N3CCSCC3)cc2N(C2CCC2)C1c1ccc(NS(=O)(=O)C2CC2)cc1. The van der Waals surface area contributed by atoms with Crippen molar-refractivity contribution in [1.29, 1.82) is 5.26 Å². The Kier molecular flexibility index (Phi) is 6.12. The molecule has 2 aliphatic carbocycles. The molecule has 0 bridgehead atoms. The zero-order chi connectivity index (χ0) is 24.9. The number of nitriles is 1. The van der Waals surface area contributed by atoms with E-state index >= 15 is 0 Å². The molecule has 6 rings (SSSR count). The van der Waals surface area contributed by atoms with E-state index in [0.717, 1.165) is 73.5 Å². The maximum absolute atomic E-state index is 13.2. The van der Waals surface area contributed by atoms with Crippen molar-refractivity contribution in [2.45, 2.75) is 55.4 Å². The molecule has 7 nitrogen and oxygen atoms in total. The maximum Gasteiger partial charge on any atom is 0.253 e. The third-order valence-corrected chi connectivity index (χ3v) is 10.7. The normalized spacial score (nSPS) is 24.1. The Hall–Kier alpha value is -2.70. The Morgan fingerprint density at radius 3 is 2.36 bits per heavy atom. The molecule has 2 heterocycles. The van der Waals surface area contributed by atoms with Gasteiger partial charge in [0.1, 0.15) is 0 Å². The molecular weight excluding hydrogens is 492 g/mol. The second-order valence-electron chi connectivity index (χ2n) is 10.2. The first kappa shape index (κ1) is 23.7. The summed E-state index contributed by atoms with van der Waals surface area (Å²) in [7, 11) is -3.32. The minimum absolute atomic E-state index is 0.0657. The number of sulfonamides is 1. The Morgan fingerprint density at radius 1 is 1.03 bits per heavy atom. The minimum atomic E-state index is -3.32. The molecule has 4 aliphatic rings. The van der Waals surface area contributed by atoms with E-state index in [9.17, 15) is 18.5 Å². The van der Waals surface area contributed by atoms with Crippen LogP contribution in [0.5, 0.6) is 0 Å². The Morgan fingerprint density at radius 2 is 1.75 bits per heavy atom. The number of thioether (sulfide) groups is 1. The van der Waals surface area contributed by atoms with Crippen LogP contribution in [0.25, 0.3) is 0 Å². The van der Waals surface area contributed by atoms with Crippen LogP contribution in [0.3, 0.4) is 0 Å². The molecule has 2 aromatic rings. The van der Waals surface area contributed by atoms with Crippen LogP contribution in [-0.4, -0.2) is 55.1 Å². The number of rotatable bonds is 6. The van der Waals surface area contributed by atoms with Crippen LogP contribution in [0.15, 0.2) is 42.5 Å². The number of hydrogen-bond donors (Lipinski definition) is 1. The number of carbonyl (C=O) groups is 1. The first-order chi connectivity index (χ1) is 17.5. The summed E-state index contributed by atoms with van der Waals surface area (Å²) in [6.45, 7) is 1.54. The Labute approximate surface area is 216 Å². The lowest BCUT2D eigenvalue weighted by Crippen LogP contribution is -2.41. The number of benzene rings is 2. The quantitative estimate of drug-likeness (QED) is 0.600. The largest absolute Gasteiger partial charge is 0.360 e. The average molecular weight is 523 g/mol. The molecule has 1 saturated heterocycles. The number of anilines is 2. The number of hydrogen-bond acceptors (Lipinski definition) is 6. The van der Waals surface area contributed by atoms with Gasteiger partial charge in [-0.05, 0) is 67.5 Å². The summed E-state index contributed by atoms with van der Waals surface area (Å²) in [5, 5.41) is 9.97. The van der Waals surface area contributed by atoms with E-state index in [1.54, 1.807) is 12.1 Å². The van der Waals surface area contributed by atoms with Crippen LogP contribution in [-0.2, 0) is 10.0 Å². The van der Waals surface area contributed by atoms with Gasteiger partial charge >= 0.3 is 0 Å². The van der Waals surface area contributed by atoms with E-state index in [1.807, 2.05) is 47.0 Å². The van der Waals surface area contributed by atoms with Crippen molar-refractivity contribution >= 4 is 39.1 Å². The molecule has 188 valence electrons. The van der Waals surface area contributed by atoms with Gasteiger partial charge in [0.2, 0.25) is 10.0 Å². The molecule has 0 spiro atoms. The molecule has 0 radical (unpaired) electrons. The lowest BCUT2D eigenvalue weighted by molar-refractivity contribution is 0.0772. The van der Waals surface area contributed by atoms with E-state index in [1.165, 1.54) is 0 Å². The second kappa shape index (κ2) is 9.31. The number of nitrogens with one attached hydrogen (secondary N) is 1. The zero-order valence-corrected chi connectivity index (χ0v) is 21.7. The van der Waals surface area contributed by atoms with Gasteiger partial charge in [-0.1, -0.05) is 18.2 Å². The third-order valence-electron chi connectivity index (χ3n) is 7.89. The van der Waals surface area contributed by atoms with Gasteiger partial charge in [-0.15, -0.1) is 0 Å². The summed E-state index contributed by atoms with van der Waals surface area (Å²) in [5.74, 6) is 1.65. The lowest BCUT2D eigenvalue weighted by Gasteiger charge is -2.41. The van der Waals surface area contributed by atoms with Crippen molar-refractivity contribution in [3.05, 3.63) is 59.2 Å². The number of fused-ring (bicyclic) bond motifs is 1. The van der Waals surface area contributed by atoms with E-state index in [2.05, 4.69) is 15.7 Å². The van der Waals surface area contributed by atoms with Gasteiger partial charge in [-0.2, -0.15) is 17.0 Å². The van der Waals surface area contributed by atoms with Crippen molar-refractivity contribution in [2.24, 2.45) is 0 Å². The molecule has 2 aromatic carbocycles. The lowest BCUT2D eigenvalue weighted by atomic mass is 9.87. The van der Waals surface area contributed by atoms with Crippen molar-refractivity contribution < 1.29 is 13.2 Å². The molecule has 2 atom stereocenters. The number of amides is 1. The molecule has 2 unspecified atom stereocenters. The zero-order valence-electron chi connectivity index (χ0n) is 20.1. The molecular formula is C27H30N4O3S2. The second-order valence-corrected chi connectivity index (χ2v) is 13.4. The summed E-state index contributed by atoms with van der Waals surface area (Å²) in [6.07, 6.45) is 4.72. The predicted octanol–water partition coefficient (Wildman–Crippen LogP) is 4.50. The van der Waals surface area contributed by atoms with Crippen molar-refractivity contribution in [3.63, 3.8) is 0 Å². The van der Waals surface area contributed by atoms with Gasteiger partial charge < -0.3 is 9.80 Å². The van der Waals surface area contributed by atoms with E-state index in [0.29, 0.717) is 17.3 Å². The van der Waals surface area contributed by atoms with Crippen LogP contribution < -0.4 is 9.62 Å². The van der Waals surface area contributed by atoms with Gasteiger partial charge in [-0.25, -0.2) is 8.42 Å². The van der Waals surface area contributed by atoms with Crippen molar-refractivity contribution in [2.75, 3.05) is 34.2 Å². The smallest absolute Gasteiger partial charge is 0.253 e. The molecule has 3 fully saturated rings. The summed E-state index contributed by atoms with van der Waals surface area (Å²) in [6, 6.07) is 16.0. The average Bonchev–Trinajstić information content (AvgIpc) is 3.68. The number of carbonyl (C=O) groups excluding carboxylic acids is 1. The van der Waals surface area contributed by atoms with Crippen LogP contribution in [0.4, 0.5) is 11.4 Å². The molecule has 2 aliphatic heterocycles. The van der Waals surface area contributed by atoms with Crippen LogP contribution in [0.1, 0.15) is 65.5 Å². The first-order valence-electron chi connectivity index (χ1n) is 12.8. The number of nitrogens with zero attached hydrogens (tertiary/aromatic N) is 3. The highest BCUT2D eigenvalue weighted by atomic mass is 32.2. The first-order valence-corrected chi connectivity index (χ1v) is 15.5. The molecule has 9 heteroatoms. The molecule has 36 heavy (non-hydrogen) atoms. The van der Waals surface area contributed by atoms with Gasteiger partial charge in [0.25, 0.3) is 5.91 Å². The van der Waals surface area contributed by atoms with Crippen molar-refractivity contribution in [3.8, 4) is 6.07 Å². The van der Waals surface area contributed by atoms with Gasteiger partial charge in [0, 0.05) is 47.6 Å². The van der Waals surface area contributed by atoms with Gasteiger partial charge in [-0.3, -0.25) is 9.52 Å². The Balaban J connectivity index is 1.32. The summed E-state index contributed by atoms with van der Waals surface area (Å²) in [4.78, 5) is 17.5. The van der Waals surface area contributed by atoms with E-state index in [-0.39, 0.29) is 23.1 Å². The van der Waals surface area contributed by atoms with Crippen LogP contribution in [0, 0.1) is 11.3 Å². The highest BCUT2D eigenvalue weighted by Crippen LogP contribution is 2.52. The summed E-state index contributed by atoms with van der Waals surface area (Å²) < 4.78 is 27.4. The van der Waals surface area contributed by atoms with Gasteiger partial charge in [0.05, 0.1) is 23.3 Å². The standard InChI is InChI=1S/C27H30N4O3S2/c28-17-24-23-11-6-19(27(32)30-12-14-35-15-13-30)16-25(23)31(21-2-1-3-21)26(24)18-4-7-20(8-5-18)29-36(33,34)22-9-10-22/h4-8,11,16,21-22,24,26,29H,1-3,9-10,12-15H2. The summed E-state index contributed by atoms with van der Waals surface area (Å²) >= 11 is 1.88. The van der Waals surface area contributed by atoms with Crippen molar-refractivity contribution in [1.82, 2.24) is 4.90 Å². The molecule has 1 N–H and O–H groups in total. The monoisotopic (exact) mass is 522 g/mol. The highest BCUT2D eigenvalue weighted by Gasteiger charge is 2.44. The van der Waals surface area contributed by atoms with Crippen LogP contribution >= 0.6 is 11.8 Å². The highest BCUT2D eigenvalue weighted by molar-refractivity contribution is 7.99. The summed E-state index contributed by atoms with van der Waals surface area (Å²) in [5.41, 5.74) is 4.19. The van der Waals surface area contributed by atoms with Crippen LogP contribution in [0.2, 0.25) is 0 Å². The predicted molar refractivity (Wildman–Crippen MR) is 143 cm³/mol. The fourth-order valence-electron chi connectivity index (χ4n) is 5.55. The molecule has 2 saturated carbocycles. The fourth-order valence-corrected chi connectivity index (χ4v) is 7.84.